The van der Waals surface area contributed by atoms with Crippen LogP contribution in [-0.4, -0.2) is 0 Å². The summed E-state index contributed by atoms with van der Waals surface area (Å²) in [5, 5.41) is 1.07. The van der Waals surface area contributed by atoms with Crippen LogP contribution in [0.1, 0.15) is 0 Å². The van der Waals surface area contributed by atoms with E-state index >= 15 is 0 Å². The molecule has 3 rings (SSSR count). The van der Waals surface area contributed by atoms with Crippen LogP contribution in [0.5, 0.6) is 5.75 Å². The van der Waals surface area contributed by atoms with Gasteiger partial charge < -0.3 is 16.0 Å². The Morgan fingerprint density at radius 3 is 1.70 bits per heavy atom. The van der Waals surface area contributed by atoms with Crippen LogP contribution in [0.15, 0.2) is 78.9 Å². The first-order valence-corrected chi connectivity index (χ1v) is 8.77. The topological polar surface area (TPSA) is 78.3 Å². The third kappa shape index (κ3) is 3.22. The molecule has 0 atom stereocenters. The first-order chi connectivity index (χ1) is 11.1. The van der Waals surface area contributed by atoms with Gasteiger partial charge in [0.1, 0.15) is 5.75 Å². The van der Waals surface area contributed by atoms with Gasteiger partial charge >= 0.3 is 7.37 Å². The molecule has 0 saturated carbocycles. The van der Waals surface area contributed by atoms with Crippen molar-refractivity contribution >= 4 is 29.4 Å². The lowest BCUT2D eigenvalue weighted by atomic mass is 10.3. The van der Waals surface area contributed by atoms with Crippen LogP contribution >= 0.6 is 7.37 Å². The van der Waals surface area contributed by atoms with Crippen molar-refractivity contribution in [1.82, 2.24) is 0 Å². The molecule has 0 unspecified atom stereocenters. The van der Waals surface area contributed by atoms with Gasteiger partial charge in [-0.25, -0.2) is 0 Å². The van der Waals surface area contributed by atoms with Crippen molar-refractivity contribution in [2.45, 2.75) is 0 Å². The quantitative estimate of drug-likeness (QED) is 0.571. The largest absolute Gasteiger partial charge is 0.437 e. The number of hydrogen-bond donors (Lipinski definition) is 2. The third-order valence-corrected chi connectivity index (χ3v) is 5.78. The molecule has 0 heterocycles. The molecular weight excluding hydrogens is 307 g/mol. The molecule has 0 aromatic heterocycles. The second-order valence-corrected chi connectivity index (χ2v) is 7.46. The summed E-state index contributed by atoms with van der Waals surface area (Å²) < 4.78 is 19.7. The van der Waals surface area contributed by atoms with Crippen molar-refractivity contribution < 1.29 is 9.09 Å². The monoisotopic (exact) mass is 324 g/mol. The second-order valence-electron chi connectivity index (χ2n) is 5.15. The molecule has 3 aromatic rings. The minimum atomic E-state index is -3.36. The van der Waals surface area contributed by atoms with Gasteiger partial charge in [-0.3, -0.25) is 4.57 Å². The Bertz CT molecular complexity index is 816. The number of nitrogens with two attached hydrogens (primary N) is 2. The molecule has 0 saturated heterocycles. The molecule has 0 radical (unpaired) electrons. The van der Waals surface area contributed by atoms with Gasteiger partial charge in [0.2, 0.25) is 0 Å². The van der Waals surface area contributed by atoms with E-state index in [2.05, 4.69) is 0 Å². The van der Waals surface area contributed by atoms with Gasteiger partial charge in [0.15, 0.2) is 0 Å². The highest BCUT2D eigenvalue weighted by Crippen LogP contribution is 2.45. The highest BCUT2D eigenvalue weighted by Gasteiger charge is 2.30. The number of benzene rings is 3. The molecule has 0 aliphatic carbocycles. The van der Waals surface area contributed by atoms with E-state index in [-0.39, 0.29) is 0 Å². The maximum absolute atomic E-state index is 13.8. The fourth-order valence-corrected chi connectivity index (χ4v) is 4.43. The Morgan fingerprint density at radius 2 is 1.22 bits per heavy atom. The fraction of sp³-hybridized carbons (Fsp3) is 0. The Hall–Kier alpha value is -2.71. The molecule has 5 heteroatoms. The van der Waals surface area contributed by atoms with Crippen molar-refractivity contribution in [3.05, 3.63) is 78.9 Å². The van der Waals surface area contributed by atoms with E-state index in [1.165, 1.54) is 0 Å². The average molecular weight is 324 g/mol. The molecule has 0 aliphatic heterocycles. The van der Waals surface area contributed by atoms with E-state index in [4.69, 9.17) is 16.0 Å². The Kier molecular flexibility index (Phi) is 4.09. The molecule has 0 amide bonds. The van der Waals surface area contributed by atoms with E-state index in [1.54, 1.807) is 60.7 Å². The number of hydrogen-bond acceptors (Lipinski definition) is 4. The van der Waals surface area contributed by atoms with E-state index in [1.807, 2.05) is 18.2 Å². The maximum Gasteiger partial charge on any atom is 0.306 e. The summed E-state index contributed by atoms with van der Waals surface area (Å²) in [4.78, 5) is 0. The summed E-state index contributed by atoms with van der Waals surface area (Å²) in [6.07, 6.45) is 0. The van der Waals surface area contributed by atoms with Crippen molar-refractivity contribution in [3.63, 3.8) is 0 Å². The summed E-state index contributed by atoms with van der Waals surface area (Å²) in [6.45, 7) is 0. The minimum Gasteiger partial charge on any atom is -0.437 e. The van der Waals surface area contributed by atoms with Crippen LogP contribution in [0.4, 0.5) is 11.4 Å². The Balaban J connectivity index is 2.15. The molecule has 23 heavy (non-hydrogen) atoms. The fourth-order valence-electron chi connectivity index (χ4n) is 2.30. The van der Waals surface area contributed by atoms with Crippen molar-refractivity contribution in [2.24, 2.45) is 0 Å². The van der Waals surface area contributed by atoms with E-state index in [0.717, 1.165) is 0 Å². The van der Waals surface area contributed by atoms with Crippen molar-refractivity contribution in [3.8, 4) is 5.75 Å². The smallest absolute Gasteiger partial charge is 0.306 e. The van der Waals surface area contributed by atoms with Gasteiger partial charge in [-0.1, -0.05) is 30.3 Å². The zero-order valence-corrected chi connectivity index (χ0v) is 13.3. The number of para-hydroxylation sites is 1. The maximum atomic E-state index is 13.8. The first kappa shape index (κ1) is 15.2. The Morgan fingerprint density at radius 1 is 0.696 bits per heavy atom. The molecule has 4 nitrogen and oxygen atoms in total. The lowest BCUT2D eigenvalue weighted by Crippen LogP contribution is -2.21. The standard InChI is InChI=1S/C18H17N2O2P/c19-14-6-4-10-17(12-14)23(21,18-11-5-7-15(20)13-18)22-16-8-2-1-3-9-16/h1-13H,19-20H2. The summed E-state index contributed by atoms with van der Waals surface area (Å²) in [7, 11) is -3.36. The van der Waals surface area contributed by atoms with Gasteiger partial charge in [-0.15, -0.1) is 0 Å². The molecule has 0 bridgehead atoms. The second kappa shape index (κ2) is 6.19. The van der Waals surface area contributed by atoms with Crippen molar-refractivity contribution in [2.75, 3.05) is 11.5 Å². The molecule has 3 aromatic carbocycles. The number of nitrogen functional groups attached to an aromatic ring is 2. The first-order valence-electron chi connectivity index (χ1n) is 7.15. The van der Waals surface area contributed by atoms with Crippen LogP contribution in [0.2, 0.25) is 0 Å². The van der Waals surface area contributed by atoms with E-state index < -0.39 is 7.37 Å². The van der Waals surface area contributed by atoms with E-state index in [0.29, 0.717) is 27.7 Å². The van der Waals surface area contributed by atoms with Crippen molar-refractivity contribution in [1.29, 1.82) is 0 Å². The third-order valence-electron chi connectivity index (χ3n) is 3.40. The predicted molar refractivity (Wildman–Crippen MR) is 95.7 cm³/mol. The van der Waals surface area contributed by atoms with Gasteiger partial charge in [-0.05, 0) is 48.5 Å². The predicted octanol–water partition coefficient (Wildman–Crippen LogP) is 3.16. The summed E-state index contributed by atoms with van der Waals surface area (Å²) in [5.74, 6) is 0.528. The normalized spacial score (nSPS) is 11.1. The minimum absolute atomic E-state index is 0.528. The summed E-state index contributed by atoms with van der Waals surface area (Å²) in [5.41, 5.74) is 12.8. The summed E-state index contributed by atoms with van der Waals surface area (Å²) >= 11 is 0. The van der Waals surface area contributed by atoms with Crippen LogP contribution < -0.4 is 26.6 Å². The van der Waals surface area contributed by atoms with Crippen LogP contribution in [-0.2, 0) is 4.57 Å². The zero-order chi connectivity index (χ0) is 16.3. The summed E-state index contributed by atoms with van der Waals surface area (Å²) in [6, 6.07) is 22.9. The van der Waals surface area contributed by atoms with E-state index in [9.17, 15) is 4.57 Å². The zero-order valence-electron chi connectivity index (χ0n) is 12.4. The molecule has 4 N–H and O–H groups in total. The SMILES string of the molecule is Nc1cccc(P(=O)(Oc2ccccc2)c2cccc(N)c2)c1. The van der Waals surface area contributed by atoms with Gasteiger partial charge in [0.05, 0.1) is 10.6 Å². The molecular formula is C18H17N2O2P. The van der Waals surface area contributed by atoms with Crippen LogP contribution in [0, 0.1) is 0 Å². The number of rotatable bonds is 4. The lowest BCUT2D eigenvalue weighted by Gasteiger charge is -2.21. The average Bonchev–Trinajstić information content (AvgIpc) is 2.56. The molecule has 116 valence electrons. The number of anilines is 2. The highest BCUT2D eigenvalue weighted by atomic mass is 31.2. The highest BCUT2D eigenvalue weighted by molar-refractivity contribution is 7.74. The molecule has 0 fully saturated rings. The Labute approximate surface area is 135 Å². The van der Waals surface area contributed by atoms with Crippen LogP contribution in [0.3, 0.4) is 0 Å². The van der Waals surface area contributed by atoms with Gasteiger partial charge in [-0.2, -0.15) is 0 Å². The lowest BCUT2D eigenvalue weighted by molar-refractivity contribution is 0.503. The van der Waals surface area contributed by atoms with Gasteiger partial charge in [0, 0.05) is 11.4 Å². The van der Waals surface area contributed by atoms with Gasteiger partial charge in [0.25, 0.3) is 0 Å². The van der Waals surface area contributed by atoms with Crippen LogP contribution in [0.25, 0.3) is 0 Å². The molecule has 0 aliphatic rings. The molecule has 0 spiro atoms.